The Hall–Kier alpha value is -0.700. The highest BCUT2D eigenvalue weighted by molar-refractivity contribution is 7.88. The molecule has 0 aromatic carbocycles. The van der Waals surface area contributed by atoms with Crippen LogP contribution in [0.2, 0.25) is 0 Å². The number of rotatable bonds is 4. The number of piperidine rings is 1. The van der Waals surface area contributed by atoms with Crippen molar-refractivity contribution in [1.82, 2.24) is 14.1 Å². The first kappa shape index (κ1) is 16.7. The van der Waals surface area contributed by atoms with E-state index >= 15 is 0 Å². The van der Waals surface area contributed by atoms with Crippen LogP contribution >= 0.6 is 0 Å². The molecule has 0 aliphatic carbocycles. The summed E-state index contributed by atoms with van der Waals surface area (Å²) in [6, 6.07) is 0. The summed E-state index contributed by atoms with van der Waals surface area (Å²) in [6.45, 7) is 4.70. The quantitative estimate of drug-likeness (QED) is 0.703. The molecule has 1 amide bonds. The molecular weight excluding hydrogens is 294 g/mol. The van der Waals surface area contributed by atoms with E-state index in [0.717, 1.165) is 13.1 Å². The van der Waals surface area contributed by atoms with Gasteiger partial charge in [0.1, 0.15) is 0 Å². The second kappa shape index (κ2) is 7.04. The first-order valence-corrected chi connectivity index (χ1v) is 9.34. The van der Waals surface area contributed by atoms with Crippen LogP contribution in [0, 0.1) is 5.92 Å². The van der Waals surface area contributed by atoms with Gasteiger partial charge in [0.25, 0.3) is 0 Å². The van der Waals surface area contributed by atoms with Crippen LogP contribution in [-0.4, -0.2) is 92.2 Å². The van der Waals surface area contributed by atoms with E-state index in [0.29, 0.717) is 45.6 Å². The summed E-state index contributed by atoms with van der Waals surface area (Å²) in [5.74, 6) is 0.110. The minimum absolute atomic E-state index is 0.0487. The number of β-amino-alcohol motifs (C(OH)–C–C–N with tert-alkyl or cyclic N) is 1. The van der Waals surface area contributed by atoms with Crippen molar-refractivity contribution in [1.29, 1.82) is 0 Å². The average Bonchev–Trinajstić information content (AvgIpc) is 2.47. The molecule has 2 heterocycles. The second-order valence-electron chi connectivity index (χ2n) is 5.83. The van der Waals surface area contributed by atoms with E-state index in [4.69, 9.17) is 5.11 Å². The fourth-order valence-electron chi connectivity index (χ4n) is 3.03. The number of carbonyl (C=O) groups excluding carboxylic acids is 1. The van der Waals surface area contributed by atoms with Crippen LogP contribution in [0.3, 0.4) is 0 Å². The molecule has 2 saturated heterocycles. The van der Waals surface area contributed by atoms with Gasteiger partial charge in [-0.1, -0.05) is 0 Å². The maximum Gasteiger partial charge on any atom is 0.225 e. The Balaban J connectivity index is 1.80. The summed E-state index contributed by atoms with van der Waals surface area (Å²) in [4.78, 5) is 16.5. The number of aliphatic hydroxyl groups is 1. The monoisotopic (exact) mass is 319 g/mol. The second-order valence-corrected chi connectivity index (χ2v) is 7.81. The number of hydrogen-bond acceptors (Lipinski definition) is 5. The zero-order chi connectivity index (χ0) is 15.5. The molecule has 21 heavy (non-hydrogen) atoms. The van der Waals surface area contributed by atoms with Crippen LogP contribution in [0.1, 0.15) is 12.8 Å². The van der Waals surface area contributed by atoms with Gasteiger partial charge in [-0.3, -0.25) is 9.69 Å². The molecule has 122 valence electrons. The SMILES string of the molecule is CS(=O)(=O)N1CCC(C(=O)N2CCN(CCO)CC2)CC1. The maximum absolute atomic E-state index is 12.5. The van der Waals surface area contributed by atoms with E-state index < -0.39 is 10.0 Å². The minimum atomic E-state index is -3.14. The summed E-state index contributed by atoms with van der Waals surface area (Å²) < 4.78 is 24.4. The van der Waals surface area contributed by atoms with Gasteiger partial charge in [0.15, 0.2) is 0 Å². The predicted octanol–water partition coefficient (Wildman–Crippen LogP) is -1.21. The summed E-state index contributed by atoms with van der Waals surface area (Å²) >= 11 is 0. The maximum atomic E-state index is 12.5. The van der Waals surface area contributed by atoms with Crippen molar-refractivity contribution in [3.8, 4) is 0 Å². The highest BCUT2D eigenvalue weighted by Gasteiger charge is 2.32. The Bertz CT molecular complexity index is 452. The van der Waals surface area contributed by atoms with Gasteiger partial charge < -0.3 is 10.0 Å². The normalized spacial score (nSPS) is 23.4. The van der Waals surface area contributed by atoms with E-state index in [2.05, 4.69) is 4.90 Å². The van der Waals surface area contributed by atoms with Gasteiger partial charge >= 0.3 is 0 Å². The zero-order valence-corrected chi connectivity index (χ0v) is 13.4. The Morgan fingerprint density at radius 2 is 1.67 bits per heavy atom. The molecule has 7 nitrogen and oxygen atoms in total. The highest BCUT2D eigenvalue weighted by Crippen LogP contribution is 2.21. The van der Waals surface area contributed by atoms with Crippen molar-refractivity contribution in [3.05, 3.63) is 0 Å². The number of piperazine rings is 1. The third kappa shape index (κ3) is 4.38. The standard InChI is InChI=1S/C13H25N3O4S/c1-21(19,20)16-4-2-12(3-5-16)13(18)15-8-6-14(7-9-15)10-11-17/h12,17H,2-11H2,1H3. The van der Waals surface area contributed by atoms with Crippen molar-refractivity contribution >= 4 is 15.9 Å². The molecule has 0 bridgehead atoms. The first-order chi connectivity index (χ1) is 9.91. The molecule has 8 heteroatoms. The first-order valence-electron chi connectivity index (χ1n) is 7.49. The Morgan fingerprint density at radius 1 is 1.10 bits per heavy atom. The topological polar surface area (TPSA) is 81.2 Å². The molecule has 2 aliphatic heterocycles. The Labute approximate surface area is 126 Å². The van der Waals surface area contributed by atoms with Crippen LogP contribution < -0.4 is 0 Å². The number of aliphatic hydroxyl groups excluding tert-OH is 1. The number of carbonyl (C=O) groups is 1. The summed E-state index contributed by atoms with van der Waals surface area (Å²) in [5.41, 5.74) is 0. The van der Waals surface area contributed by atoms with E-state index in [-0.39, 0.29) is 18.4 Å². The van der Waals surface area contributed by atoms with Gasteiger partial charge in [-0.25, -0.2) is 12.7 Å². The van der Waals surface area contributed by atoms with Crippen LogP contribution in [0.5, 0.6) is 0 Å². The molecule has 1 N–H and O–H groups in total. The van der Waals surface area contributed by atoms with Crippen LogP contribution in [0.15, 0.2) is 0 Å². The van der Waals surface area contributed by atoms with Crippen LogP contribution in [0.4, 0.5) is 0 Å². The van der Waals surface area contributed by atoms with Crippen molar-refractivity contribution in [2.45, 2.75) is 12.8 Å². The summed E-state index contributed by atoms with van der Waals surface area (Å²) in [6.07, 6.45) is 2.45. The Morgan fingerprint density at radius 3 is 2.14 bits per heavy atom. The third-order valence-corrected chi connectivity index (χ3v) is 5.68. The van der Waals surface area contributed by atoms with Gasteiger partial charge in [-0.15, -0.1) is 0 Å². The molecule has 0 saturated carbocycles. The average molecular weight is 319 g/mol. The zero-order valence-electron chi connectivity index (χ0n) is 12.6. The fraction of sp³-hybridized carbons (Fsp3) is 0.923. The highest BCUT2D eigenvalue weighted by atomic mass is 32.2. The van der Waals surface area contributed by atoms with E-state index in [1.165, 1.54) is 10.6 Å². The third-order valence-electron chi connectivity index (χ3n) is 4.37. The molecule has 0 radical (unpaired) electrons. The molecule has 2 aliphatic rings. The number of amides is 1. The largest absolute Gasteiger partial charge is 0.395 e. The molecular formula is C13H25N3O4S. The van der Waals surface area contributed by atoms with E-state index in [9.17, 15) is 13.2 Å². The summed E-state index contributed by atoms with van der Waals surface area (Å²) in [5, 5.41) is 8.91. The van der Waals surface area contributed by atoms with Gasteiger partial charge in [-0.2, -0.15) is 0 Å². The lowest BCUT2D eigenvalue weighted by Gasteiger charge is -2.38. The fourth-order valence-corrected chi connectivity index (χ4v) is 3.90. The molecule has 2 rings (SSSR count). The van der Waals surface area contributed by atoms with Crippen molar-refractivity contribution in [2.24, 2.45) is 5.92 Å². The van der Waals surface area contributed by atoms with E-state index in [1.807, 2.05) is 4.90 Å². The lowest BCUT2D eigenvalue weighted by atomic mass is 9.96. The molecule has 0 unspecified atom stereocenters. The van der Waals surface area contributed by atoms with Gasteiger partial charge in [0, 0.05) is 51.7 Å². The van der Waals surface area contributed by atoms with E-state index in [1.54, 1.807) is 0 Å². The Kier molecular flexibility index (Phi) is 5.59. The van der Waals surface area contributed by atoms with Gasteiger partial charge in [0.2, 0.25) is 15.9 Å². The molecule has 0 spiro atoms. The van der Waals surface area contributed by atoms with Gasteiger partial charge in [-0.05, 0) is 12.8 Å². The minimum Gasteiger partial charge on any atom is -0.395 e. The predicted molar refractivity (Wildman–Crippen MR) is 79.2 cm³/mol. The van der Waals surface area contributed by atoms with Gasteiger partial charge in [0.05, 0.1) is 12.9 Å². The number of nitrogens with zero attached hydrogens (tertiary/aromatic N) is 3. The molecule has 0 atom stereocenters. The molecule has 0 aromatic heterocycles. The van der Waals surface area contributed by atoms with Crippen LogP contribution in [-0.2, 0) is 14.8 Å². The van der Waals surface area contributed by atoms with Crippen molar-refractivity contribution in [3.63, 3.8) is 0 Å². The number of hydrogen-bond donors (Lipinski definition) is 1. The smallest absolute Gasteiger partial charge is 0.225 e. The molecule has 2 fully saturated rings. The number of sulfonamides is 1. The summed E-state index contributed by atoms with van der Waals surface area (Å²) in [7, 11) is -3.14. The van der Waals surface area contributed by atoms with Crippen molar-refractivity contribution < 1.29 is 18.3 Å². The molecule has 0 aromatic rings. The lowest BCUT2D eigenvalue weighted by Crippen LogP contribution is -2.52. The van der Waals surface area contributed by atoms with Crippen LogP contribution in [0.25, 0.3) is 0 Å². The van der Waals surface area contributed by atoms with Crippen molar-refractivity contribution in [2.75, 3.05) is 58.7 Å². The lowest BCUT2D eigenvalue weighted by molar-refractivity contribution is -0.138.